The highest BCUT2D eigenvalue weighted by molar-refractivity contribution is 5.92. The Morgan fingerprint density at radius 2 is 1.80 bits per heavy atom. The van der Waals surface area contributed by atoms with Crippen molar-refractivity contribution in [2.45, 2.75) is 26.2 Å². The molecule has 0 rings (SSSR count). The topological polar surface area (TPSA) is 112 Å². The molecule has 0 fully saturated rings. The van der Waals surface area contributed by atoms with E-state index in [0.717, 1.165) is 25.9 Å². The Morgan fingerprint density at radius 3 is 2.40 bits per heavy atom. The second-order valence-electron chi connectivity index (χ2n) is 3.10. The molecule has 0 aliphatic heterocycles. The third-order valence-electron chi connectivity index (χ3n) is 1.61. The number of guanidine groups is 2. The molecule has 0 aromatic carbocycles. The van der Waals surface area contributed by atoms with Crippen molar-refractivity contribution >= 4 is 11.9 Å². The van der Waals surface area contributed by atoms with Crippen LogP contribution in [0.4, 0.5) is 0 Å². The number of hydrogen-bond acceptors (Lipinski definition) is 2. The number of unbranched alkanes of at least 4 members (excludes halogenated alkanes) is 1. The molecule has 0 amide bonds. The lowest BCUT2D eigenvalue weighted by Gasteiger charge is -2.01. The molecule has 0 unspecified atom stereocenters. The standard InChI is InChI=1S/C9H21N5O/c1-2-3-6-15-7-4-5-13-9(12)14-8(10)11/h2-7H2,1H3,(H6,10,11,12,13,14). The molecule has 6 N–H and O–H groups in total. The fraction of sp³-hybridized carbons (Fsp3) is 0.778. The molecule has 0 saturated carbocycles. The smallest absolute Gasteiger partial charge is 0.218 e. The molecule has 0 aliphatic rings. The molecule has 0 bridgehead atoms. The van der Waals surface area contributed by atoms with Crippen LogP contribution >= 0.6 is 0 Å². The highest BCUT2D eigenvalue weighted by Crippen LogP contribution is 1.90. The van der Waals surface area contributed by atoms with Crippen molar-refractivity contribution in [1.82, 2.24) is 0 Å². The van der Waals surface area contributed by atoms with Gasteiger partial charge in [0.2, 0.25) is 5.96 Å². The number of hydrogen-bond donors (Lipinski definition) is 3. The van der Waals surface area contributed by atoms with Crippen LogP contribution in [0, 0.1) is 0 Å². The predicted molar refractivity (Wildman–Crippen MR) is 62.6 cm³/mol. The van der Waals surface area contributed by atoms with E-state index in [-0.39, 0.29) is 11.9 Å². The van der Waals surface area contributed by atoms with Crippen LogP contribution in [0.5, 0.6) is 0 Å². The van der Waals surface area contributed by atoms with E-state index in [0.29, 0.717) is 13.2 Å². The van der Waals surface area contributed by atoms with Crippen LogP contribution in [-0.4, -0.2) is 31.7 Å². The van der Waals surface area contributed by atoms with Crippen molar-refractivity contribution in [2.24, 2.45) is 27.2 Å². The summed E-state index contributed by atoms with van der Waals surface area (Å²) in [6, 6.07) is 0. The average Bonchev–Trinajstić information content (AvgIpc) is 2.15. The van der Waals surface area contributed by atoms with Gasteiger partial charge in [-0.1, -0.05) is 13.3 Å². The maximum Gasteiger partial charge on any atom is 0.218 e. The largest absolute Gasteiger partial charge is 0.381 e. The van der Waals surface area contributed by atoms with E-state index in [1.54, 1.807) is 0 Å². The molecule has 0 atom stereocenters. The minimum atomic E-state index is -0.0737. The van der Waals surface area contributed by atoms with Crippen molar-refractivity contribution in [3.63, 3.8) is 0 Å². The second kappa shape index (κ2) is 9.26. The van der Waals surface area contributed by atoms with Crippen LogP contribution in [0.3, 0.4) is 0 Å². The first kappa shape index (κ1) is 13.7. The van der Waals surface area contributed by atoms with Gasteiger partial charge in [-0.3, -0.25) is 4.99 Å². The van der Waals surface area contributed by atoms with Crippen molar-refractivity contribution in [1.29, 1.82) is 0 Å². The maximum atomic E-state index is 5.40. The molecule has 6 nitrogen and oxygen atoms in total. The molecule has 0 aromatic rings. The van der Waals surface area contributed by atoms with Crippen LogP contribution in [-0.2, 0) is 4.74 Å². The van der Waals surface area contributed by atoms with Crippen LogP contribution in [0.1, 0.15) is 26.2 Å². The summed E-state index contributed by atoms with van der Waals surface area (Å²) >= 11 is 0. The molecule has 0 aromatic heterocycles. The normalized spacial score (nSPS) is 11.4. The zero-order valence-electron chi connectivity index (χ0n) is 9.28. The molecule has 0 aliphatic carbocycles. The molecular weight excluding hydrogens is 194 g/mol. The van der Waals surface area contributed by atoms with E-state index in [2.05, 4.69) is 16.9 Å². The van der Waals surface area contributed by atoms with Crippen LogP contribution in [0.2, 0.25) is 0 Å². The van der Waals surface area contributed by atoms with E-state index >= 15 is 0 Å². The third kappa shape index (κ3) is 10.6. The van der Waals surface area contributed by atoms with Gasteiger partial charge in [-0.05, 0) is 12.8 Å². The summed E-state index contributed by atoms with van der Waals surface area (Å²) in [6.07, 6.45) is 3.07. The van der Waals surface area contributed by atoms with Gasteiger partial charge in [0.15, 0.2) is 5.96 Å². The first-order valence-electron chi connectivity index (χ1n) is 5.14. The molecule has 0 radical (unpaired) electrons. The summed E-state index contributed by atoms with van der Waals surface area (Å²) in [5.41, 5.74) is 15.6. The van der Waals surface area contributed by atoms with Crippen LogP contribution in [0.25, 0.3) is 0 Å². The summed E-state index contributed by atoms with van der Waals surface area (Å²) in [5, 5.41) is 0. The Labute approximate surface area is 90.6 Å². The minimum absolute atomic E-state index is 0.0737. The summed E-state index contributed by atoms with van der Waals surface area (Å²) in [5.74, 6) is 0.0407. The number of nitrogens with zero attached hydrogens (tertiary/aromatic N) is 2. The second-order valence-corrected chi connectivity index (χ2v) is 3.10. The number of rotatable bonds is 7. The quantitative estimate of drug-likeness (QED) is 0.309. The van der Waals surface area contributed by atoms with Crippen molar-refractivity contribution in [3.05, 3.63) is 0 Å². The monoisotopic (exact) mass is 215 g/mol. The lowest BCUT2D eigenvalue weighted by atomic mass is 10.4. The van der Waals surface area contributed by atoms with Gasteiger partial charge in [-0.2, -0.15) is 4.99 Å². The highest BCUT2D eigenvalue weighted by atomic mass is 16.5. The van der Waals surface area contributed by atoms with E-state index < -0.39 is 0 Å². The zero-order valence-corrected chi connectivity index (χ0v) is 9.28. The summed E-state index contributed by atoms with van der Waals surface area (Å²) in [4.78, 5) is 7.53. The fourth-order valence-corrected chi connectivity index (χ4v) is 0.876. The number of nitrogens with two attached hydrogens (primary N) is 3. The fourth-order valence-electron chi connectivity index (χ4n) is 0.876. The summed E-state index contributed by atoms with van der Waals surface area (Å²) < 4.78 is 5.34. The Hall–Kier alpha value is -1.30. The lowest BCUT2D eigenvalue weighted by molar-refractivity contribution is 0.130. The lowest BCUT2D eigenvalue weighted by Crippen LogP contribution is -2.26. The van der Waals surface area contributed by atoms with Gasteiger partial charge >= 0.3 is 0 Å². The van der Waals surface area contributed by atoms with Gasteiger partial charge in [0.05, 0.1) is 0 Å². The van der Waals surface area contributed by atoms with E-state index in [4.69, 9.17) is 21.9 Å². The van der Waals surface area contributed by atoms with E-state index in [1.165, 1.54) is 0 Å². The van der Waals surface area contributed by atoms with Crippen molar-refractivity contribution < 1.29 is 4.74 Å². The Kier molecular flexibility index (Phi) is 8.46. The molecule has 0 spiro atoms. The molecule has 88 valence electrons. The highest BCUT2D eigenvalue weighted by Gasteiger charge is 1.90. The minimum Gasteiger partial charge on any atom is -0.381 e. The summed E-state index contributed by atoms with van der Waals surface area (Å²) in [7, 11) is 0. The maximum absolute atomic E-state index is 5.40. The van der Waals surface area contributed by atoms with Gasteiger partial charge in [0, 0.05) is 19.8 Å². The molecule has 15 heavy (non-hydrogen) atoms. The first-order valence-corrected chi connectivity index (χ1v) is 5.14. The summed E-state index contributed by atoms with van der Waals surface area (Å²) in [6.45, 7) is 4.21. The zero-order chi connectivity index (χ0) is 11.5. The Bertz CT molecular complexity index is 211. The first-order chi connectivity index (χ1) is 7.16. The Morgan fingerprint density at radius 1 is 1.13 bits per heavy atom. The molecule has 6 heteroatoms. The van der Waals surface area contributed by atoms with Gasteiger partial charge in [-0.15, -0.1) is 0 Å². The van der Waals surface area contributed by atoms with Gasteiger partial charge in [0.25, 0.3) is 0 Å². The number of aliphatic imine (C=N–C) groups is 2. The SMILES string of the molecule is CCCCOCCCN=C(N)N=C(N)N. The van der Waals surface area contributed by atoms with E-state index in [1.807, 2.05) is 0 Å². The Balaban J connectivity index is 3.41. The molecule has 0 heterocycles. The van der Waals surface area contributed by atoms with E-state index in [9.17, 15) is 0 Å². The predicted octanol–water partition coefficient (Wildman–Crippen LogP) is -0.219. The van der Waals surface area contributed by atoms with Gasteiger partial charge < -0.3 is 21.9 Å². The van der Waals surface area contributed by atoms with Gasteiger partial charge in [-0.25, -0.2) is 0 Å². The third-order valence-corrected chi connectivity index (χ3v) is 1.61. The van der Waals surface area contributed by atoms with Crippen molar-refractivity contribution in [2.75, 3.05) is 19.8 Å². The number of ether oxygens (including phenoxy) is 1. The van der Waals surface area contributed by atoms with Crippen molar-refractivity contribution in [3.8, 4) is 0 Å². The van der Waals surface area contributed by atoms with Crippen LogP contribution < -0.4 is 17.2 Å². The average molecular weight is 215 g/mol. The molecular formula is C9H21N5O. The molecule has 0 saturated heterocycles. The van der Waals surface area contributed by atoms with Gasteiger partial charge in [0.1, 0.15) is 0 Å². The van der Waals surface area contributed by atoms with Crippen LogP contribution in [0.15, 0.2) is 9.98 Å².